The first-order valence-electron chi connectivity index (χ1n) is 9.03. The number of ether oxygens (including phenoxy) is 1. The standard InChI is InChI=1S/C20H21BrN4OS/c21-16-10-18(26-12-14-4-2-1-3-5-14)19(23-11-16)25-20-24-17(13-27-20)15-6-8-22-9-7-15/h1-5,10-11,13,15,22H,6-9,12H2,(H,23,24,25). The lowest BCUT2D eigenvalue weighted by molar-refractivity contribution is 0.306. The zero-order chi connectivity index (χ0) is 18.5. The van der Waals surface area contributed by atoms with Crippen LogP contribution in [0.25, 0.3) is 0 Å². The second-order valence-electron chi connectivity index (χ2n) is 6.50. The van der Waals surface area contributed by atoms with Gasteiger partial charge < -0.3 is 15.4 Å². The number of benzene rings is 1. The molecule has 0 bridgehead atoms. The number of nitrogens with one attached hydrogen (secondary N) is 2. The van der Waals surface area contributed by atoms with Crippen LogP contribution in [-0.4, -0.2) is 23.1 Å². The highest BCUT2D eigenvalue weighted by Crippen LogP contribution is 2.33. The molecule has 0 amide bonds. The summed E-state index contributed by atoms with van der Waals surface area (Å²) in [6.45, 7) is 2.62. The van der Waals surface area contributed by atoms with Gasteiger partial charge in [0.05, 0.1) is 5.69 Å². The quantitative estimate of drug-likeness (QED) is 0.554. The van der Waals surface area contributed by atoms with Crippen LogP contribution in [0.5, 0.6) is 5.75 Å². The van der Waals surface area contributed by atoms with Gasteiger partial charge in [-0.1, -0.05) is 30.3 Å². The Morgan fingerprint density at radius 3 is 2.85 bits per heavy atom. The molecule has 0 radical (unpaired) electrons. The topological polar surface area (TPSA) is 59.1 Å². The van der Waals surface area contributed by atoms with Gasteiger partial charge in [0.15, 0.2) is 16.7 Å². The zero-order valence-corrected chi connectivity index (χ0v) is 17.2. The van der Waals surface area contributed by atoms with Crippen molar-refractivity contribution in [1.82, 2.24) is 15.3 Å². The van der Waals surface area contributed by atoms with Gasteiger partial charge in [0, 0.05) is 22.0 Å². The number of thiazole rings is 1. The predicted octanol–water partition coefficient (Wildman–Crippen LogP) is 5.09. The average molecular weight is 445 g/mol. The molecule has 4 rings (SSSR count). The number of hydrogen-bond donors (Lipinski definition) is 2. The highest BCUT2D eigenvalue weighted by atomic mass is 79.9. The molecule has 140 valence electrons. The molecule has 0 spiro atoms. The Morgan fingerprint density at radius 1 is 1.22 bits per heavy atom. The van der Waals surface area contributed by atoms with Crippen LogP contribution in [0, 0.1) is 0 Å². The van der Waals surface area contributed by atoms with Crippen molar-refractivity contribution in [2.24, 2.45) is 0 Å². The maximum atomic E-state index is 6.01. The number of nitrogens with zero attached hydrogens (tertiary/aromatic N) is 2. The first kappa shape index (κ1) is 18.4. The molecule has 2 aromatic heterocycles. The second kappa shape index (κ2) is 8.82. The van der Waals surface area contributed by atoms with Crippen LogP contribution in [0.4, 0.5) is 10.9 Å². The van der Waals surface area contributed by atoms with Gasteiger partial charge in [0.1, 0.15) is 6.61 Å². The van der Waals surface area contributed by atoms with E-state index in [2.05, 4.69) is 36.9 Å². The maximum absolute atomic E-state index is 6.01. The zero-order valence-electron chi connectivity index (χ0n) is 14.8. The summed E-state index contributed by atoms with van der Waals surface area (Å²) in [5, 5.41) is 9.74. The average Bonchev–Trinajstić information content (AvgIpc) is 3.18. The third-order valence-electron chi connectivity index (χ3n) is 4.56. The van der Waals surface area contributed by atoms with E-state index in [9.17, 15) is 0 Å². The Bertz CT molecular complexity index is 881. The van der Waals surface area contributed by atoms with Crippen molar-refractivity contribution in [2.75, 3.05) is 18.4 Å². The molecule has 3 aromatic rings. The molecule has 0 unspecified atom stereocenters. The number of halogens is 1. The van der Waals surface area contributed by atoms with Crippen LogP contribution in [0.2, 0.25) is 0 Å². The minimum atomic E-state index is 0.492. The summed E-state index contributed by atoms with van der Waals surface area (Å²) in [5.41, 5.74) is 2.29. The molecule has 1 saturated heterocycles. The highest BCUT2D eigenvalue weighted by molar-refractivity contribution is 9.10. The first-order valence-corrected chi connectivity index (χ1v) is 10.7. The molecule has 0 saturated carbocycles. The number of pyridine rings is 1. The Balaban J connectivity index is 1.47. The van der Waals surface area contributed by atoms with Gasteiger partial charge in [-0.05, 0) is 53.5 Å². The number of hydrogen-bond acceptors (Lipinski definition) is 6. The van der Waals surface area contributed by atoms with Crippen LogP contribution in [0.15, 0.2) is 52.4 Å². The van der Waals surface area contributed by atoms with Crippen molar-refractivity contribution in [3.05, 3.63) is 63.7 Å². The van der Waals surface area contributed by atoms with Crippen molar-refractivity contribution < 1.29 is 4.74 Å². The molecule has 1 aliphatic heterocycles. The summed E-state index contributed by atoms with van der Waals surface area (Å²) in [5.74, 6) is 1.93. The van der Waals surface area contributed by atoms with E-state index in [1.54, 1.807) is 17.5 Å². The van der Waals surface area contributed by atoms with Crippen molar-refractivity contribution in [3.8, 4) is 5.75 Å². The van der Waals surface area contributed by atoms with E-state index in [4.69, 9.17) is 9.72 Å². The fourth-order valence-electron chi connectivity index (χ4n) is 3.11. The van der Waals surface area contributed by atoms with Crippen LogP contribution in [0.1, 0.15) is 30.0 Å². The van der Waals surface area contributed by atoms with E-state index < -0.39 is 0 Å². The fraction of sp³-hybridized carbons (Fsp3) is 0.300. The molecule has 0 aliphatic carbocycles. The second-order valence-corrected chi connectivity index (χ2v) is 8.28. The molecule has 7 heteroatoms. The smallest absolute Gasteiger partial charge is 0.188 e. The number of piperidine rings is 1. The summed E-state index contributed by atoms with van der Waals surface area (Å²) in [4.78, 5) is 9.26. The summed E-state index contributed by atoms with van der Waals surface area (Å²) in [6.07, 6.45) is 4.05. The number of aromatic nitrogens is 2. The third-order valence-corrected chi connectivity index (χ3v) is 5.77. The van der Waals surface area contributed by atoms with Gasteiger partial charge in [-0.2, -0.15) is 0 Å². The van der Waals surface area contributed by atoms with Crippen LogP contribution in [0.3, 0.4) is 0 Å². The van der Waals surface area contributed by atoms with Gasteiger partial charge in [-0.25, -0.2) is 9.97 Å². The number of rotatable bonds is 6. The van der Waals surface area contributed by atoms with Crippen molar-refractivity contribution in [1.29, 1.82) is 0 Å². The van der Waals surface area contributed by atoms with Crippen LogP contribution in [-0.2, 0) is 6.61 Å². The minimum Gasteiger partial charge on any atom is -0.485 e. The summed E-state index contributed by atoms with van der Waals surface area (Å²) < 4.78 is 6.89. The Labute approximate surface area is 171 Å². The van der Waals surface area contributed by atoms with E-state index in [-0.39, 0.29) is 0 Å². The lowest BCUT2D eigenvalue weighted by Crippen LogP contribution is -2.26. The normalized spacial score (nSPS) is 14.9. The molecule has 5 nitrogen and oxygen atoms in total. The number of anilines is 2. The summed E-state index contributed by atoms with van der Waals surface area (Å²) >= 11 is 5.09. The predicted molar refractivity (Wildman–Crippen MR) is 113 cm³/mol. The van der Waals surface area contributed by atoms with Crippen LogP contribution < -0.4 is 15.4 Å². The van der Waals surface area contributed by atoms with Gasteiger partial charge in [-0.15, -0.1) is 11.3 Å². The van der Waals surface area contributed by atoms with Crippen molar-refractivity contribution in [3.63, 3.8) is 0 Å². The van der Waals surface area contributed by atoms with Crippen molar-refractivity contribution in [2.45, 2.75) is 25.4 Å². The van der Waals surface area contributed by atoms with E-state index >= 15 is 0 Å². The largest absolute Gasteiger partial charge is 0.485 e. The molecular formula is C20H21BrN4OS. The van der Waals surface area contributed by atoms with Gasteiger partial charge >= 0.3 is 0 Å². The van der Waals surface area contributed by atoms with E-state index in [1.165, 1.54) is 5.69 Å². The third kappa shape index (κ3) is 4.86. The molecule has 1 aliphatic rings. The molecule has 3 heterocycles. The summed E-state index contributed by atoms with van der Waals surface area (Å²) in [6, 6.07) is 12.0. The minimum absolute atomic E-state index is 0.492. The molecular weight excluding hydrogens is 424 g/mol. The van der Waals surface area contributed by atoms with E-state index in [1.807, 2.05) is 36.4 Å². The Kier molecular flexibility index (Phi) is 6.01. The SMILES string of the molecule is Brc1cnc(Nc2nc(C3CCNCC3)cs2)c(OCc2ccccc2)c1. The van der Waals surface area contributed by atoms with Gasteiger partial charge in [-0.3, -0.25) is 0 Å². The molecule has 1 fully saturated rings. The first-order chi connectivity index (χ1) is 13.3. The monoisotopic (exact) mass is 444 g/mol. The molecule has 0 atom stereocenters. The van der Waals surface area contributed by atoms with Gasteiger partial charge in [0.2, 0.25) is 0 Å². The van der Waals surface area contributed by atoms with E-state index in [0.29, 0.717) is 24.1 Å². The lowest BCUT2D eigenvalue weighted by atomic mass is 9.96. The van der Waals surface area contributed by atoms with Gasteiger partial charge in [0.25, 0.3) is 0 Å². The fourth-order valence-corrected chi connectivity index (χ4v) is 4.21. The molecule has 2 N–H and O–H groups in total. The highest BCUT2D eigenvalue weighted by Gasteiger charge is 2.18. The lowest BCUT2D eigenvalue weighted by Gasteiger charge is -2.20. The Hall–Kier alpha value is -1.96. The van der Waals surface area contributed by atoms with E-state index in [0.717, 1.165) is 41.1 Å². The molecule has 1 aromatic carbocycles. The van der Waals surface area contributed by atoms with Crippen molar-refractivity contribution >= 4 is 38.2 Å². The Morgan fingerprint density at radius 2 is 2.04 bits per heavy atom. The summed E-state index contributed by atoms with van der Waals surface area (Å²) in [7, 11) is 0. The molecule has 27 heavy (non-hydrogen) atoms. The van der Waals surface area contributed by atoms with Crippen LogP contribution >= 0.6 is 27.3 Å². The maximum Gasteiger partial charge on any atom is 0.188 e.